The SMILES string of the molecule is CC(=O)Oc1cccc(C=NC2C=CC3=NC(=O)NC3=C2)c1. The first-order valence-electron chi connectivity index (χ1n) is 6.72. The number of hydrogen-bond acceptors (Lipinski definition) is 4. The number of carbonyl (C=O) groups is 2. The largest absolute Gasteiger partial charge is 0.427 e. The molecule has 1 atom stereocenters. The van der Waals surface area contributed by atoms with Gasteiger partial charge in [-0.15, -0.1) is 0 Å². The van der Waals surface area contributed by atoms with Gasteiger partial charge in [0, 0.05) is 13.1 Å². The highest BCUT2D eigenvalue weighted by atomic mass is 16.5. The van der Waals surface area contributed by atoms with Gasteiger partial charge in [-0.3, -0.25) is 9.79 Å². The van der Waals surface area contributed by atoms with Gasteiger partial charge in [0.1, 0.15) is 5.75 Å². The number of carbonyl (C=O) groups excluding carboxylic acids is 2. The fourth-order valence-electron chi connectivity index (χ4n) is 2.14. The van der Waals surface area contributed by atoms with Crippen LogP contribution in [-0.4, -0.2) is 30.0 Å². The second-order valence-electron chi connectivity index (χ2n) is 4.80. The fourth-order valence-corrected chi connectivity index (χ4v) is 2.14. The van der Waals surface area contributed by atoms with Crippen molar-refractivity contribution in [2.45, 2.75) is 13.0 Å². The predicted octanol–water partition coefficient (Wildman–Crippen LogP) is 2.02. The average molecular weight is 295 g/mol. The third-order valence-corrected chi connectivity index (χ3v) is 3.04. The average Bonchev–Trinajstić information content (AvgIpc) is 2.84. The third-order valence-electron chi connectivity index (χ3n) is 3.04. The molecule has 1 heterocycles. The summed E-state index contributed by atoms with van der Waals surface area (Å²) in [7, 11) is 0. The summed E-state index contributed by atoms with van der Waals surface area (Å²) < 4.78 is 5.03. The van der Waals surface area contributed by atoms with E-state index >= 15 is 0 Å². The Labute approximate surface area is 126 Å². The van der Waals surface area contributed by atoms with Gasteiger partial charge in [0.05, 0.1) is 17.5 Å². The van der Waals surface area contributed by atoms with Crippen molar-refractivity contribution in [1.29, 1.82) is 0 Å². The topological polar surface area (TPSA) is 80.1 Å². The van der Waals surface area contributed by atoms with Gasteiger partial charge in [-0.2, -0.15) is 4.99 Å². The first kappa shape index (κ1) is 13.9. The first-order valence-corrected chi connectivity index (χ1v) is 6.72. The smallest absolute Gasteiger partial charge is 0.346 e. The van der Waals surface area contributed by atoms with Crippen molar-refractivity contribution in [2.24, 2.45) is 9.98 Å². The number of ether oxygens (including phenoxy) is 1. The molecule has 3 rings (SSSR count). The van der Waals surface area contributed by atoms with Gasteiger partial charge in [0.2, 0.25) is 0 Å². The van der Waals surface area contributed by atoms with Crippen LogP contribution in [0.3, 0.4) is 0 Å². The van der Waals surface area contributed by atoms with E-state index in [9.17, 15) is 9.59 Å². The highest BCUT2D eigenvalue weighted by molar-refractivity contribution is 6.19. The third kappa shape index (κ3) is 3.17. The number of rotatable bonds is 3. The lowest BCUT2D eigenvalue weighted by Gasteiger charge is -2.09. The Morgan fingerprint density at radius 3 is 3.14 bits per heavy atom. The molecule has 110 valence electrons. The maximum atomic E-state index is 11.2. The van der Waals surface area contributed by atoms with Gasteiger partial charge < -0.3 is 10.1 Å². The maximum Gasteiger partial charge on any atom is 0.346 e. The second kappa shape index (κ2) is 5.77. The normalized spacial score (nSPS) is 19.5. The van der Waals surface area contributed by atoms with E-state index in [1.807, 2.05) is 18.2 Å². The lowest BCUT2D eigenvalue weighted by molar-refractivity contribution is -0.131. The Morgan fingerprint density at radius 2 is 2.32 bits per heavy atom. The zero-order valence-electron chi connectivity index (χ0n) is 11.8. The van der Waals surface area contributed by atoms with Crippen LogP contribution < -0.4 is 10.1 Å². The molecule has 0 saturated carbocycles. The van der Waals surface area contributed by atoms with Crippen molar-refractivity contribution >= 4 is 23.9 Å². The van der Waals surface area contributed by atoms with Crippen LogP contribution in [0.5, 0.6) is 5.75 Å². The quantitative estimate of drug-likeness (QED) is 0.526. The van der Waals surface area contributed by atoms with E-state index in [-0.39, 0.29) is 18.0 Å². The predicted molar refractivity (Wildman–Crippen MR) is 82.3 cm³/mol. The Bertz CT molecular complexity index is 760. The molecule has 0 bridgehead atoms. The van der Waals surface area contributed by atoms with Crippen molar-refractivity contribution in [3.8, 4) is 5.75 Å². The van der Waals surface area contributed by atoms with E-state index in [1.165, 1.54) is 6.92 Å². The van der Waals surface area contributed by atoms with Gasteiger partial charge in [0.15, 0.2) is 0 Å². The lowest BCUT2D eigenvalue weighted by atomic mass is 10.1. The molecule has 1 aliphatic carbocycles. The Hall–Kier alpha value is -3.02. The van der Waals surface area contributed by atoms with Crippen LogP contribution in [-0.2, 0) is 4.79 Å². The van der Waals surface area contributed by atoms with E-state index < -0.39 is 0 Å². The number of esters is 1. The monoisotopic (exact) mass is 295 g/mol. The summed E-state index contributed by atoms with van der Waals surface area (Å²) in [6.07, 6.45) is 7.15. The van der Waals surface area contributed by atoms with Crippen molar-refractivity contribution in [3.05, 3.63) is 53.8 Å². The van der Waals surface area contributed by atoms with Gasteiger partial charge in [-0.25, -0.2) is 4.79 Å². The molecule has 1 N–H and O–H groups in total. The summed E-state index contributed by atoms with van der Waals surface area (Å²) >= 11 is 0. The van der Waals surface area contributed by atoms with Crippen LogP contribution >= 0.6 is 0 Å². The van der Waals surface area contributed by atoms with E-state index in [0.717, 1.165) is 5.56 Å². The molecule has 6 heteroatoms. The number of aliphatic imine (C=N–C) groups is 2. The highest BCUT2D eigenvalue weighted by Gasteiger charge is 2.21. The van der Waals surface area contributed by atoms with Crippen molar-refractivity contribution in [1.82, 2.24) is 5.32 Å². The molecule has 6 nitrogen and oxygen atoms in total. The second-order valence-corrected chi connectivity index (χ2v) is 4.80. The molecular weight excluding hydrogens is 282 g/mol. The molecule has 22 heavy (non-hydrogen) atoms. The minimum Gasteiger partial charge on any atom is -0.427 e. The van der Waals surface area contributed by atoms with Gasteiger partial charge in [-0.1, -0.05) is 18.2 Å². The van der Waals surface area contributed by atoms with Crippen molar-refractivity contribution in [2.75, 3.05) is 0 Å². The summed E-state index contributed by atoms with van der Waals surface area (Å²) in [6.45, 7) is 1.36. The zero-order valence-corrected chi connectivity index (χ0v) is 11.8. The molecule has 0 aromatic heterocycles. The molecule has 1 aliphatic heterocycles. The van der Waals surface area contributed by atoms with E-state index in [0.29, 0.717) is 17.2 Å². The Kier molecular flexibility index (Phi) is 3.65. The number of amides is 2. The van der Waals surface area contributed by atoms with Crippen LogP contribution in [0.2, 0.25) is 0 Å². The van der Waals surface area contributed by atoms with Crippen LogP contribution in [0, 0.1) is 0 Å². The van der Waals surface area contributed by atoms with Crippen LogP contribution in [0.15, 0.2) is 58.2 Å². The van der Waals surface area contributed by atoms with Crippen molar-refractivity contribution in [3.63, 3.8) is 0 Å². The number of nitrogens with one attached hydrogen (secondary N) is 1. The standard InChI is InChI=1S/C16H13N3O3/c1-10(20)22-13-4-2-3-11(7-13)9-17-12-5-6-14-15(8-12)19-16(21)18-14/h2-9,12H,1H3,(H,19,21). The molecule has 2 amide bonds. The lowest BCUT2D eigenvalue weighted by Crippen LogP contribution is -2.18. The van der Waals surface area contributed by atoms with Gasteiger partial charge >= 0.3 is 12.0 Å². The molecule has 2 aliphatic rings. The molecule has 1 aromatic rings. The van der Waals surface area contributed by atoms with Gasteiger partial charge in [0.25, 0.3) is 0 Å². The summed E-state index contributed by atoms with van der Waals surface area (Å²) in [5, 5.41) is 2.65. The molecule has 1 aromatic carbocycles. The fraction of sp³-hybridized carbons (Fsp3) is 0.125. The molecule has 0 fully saturated rings. The van der Waals surface area contributed by atoms with Crippen molar-refractivity contribution < 1.29 is 14.3 Å². The minimum atomic E-state index is -0.363. The number of allylic oxidation sites excluding steroid dienone is 1. The number of hydrogen-bond donors (Lipinski definition) is 1. The van der Waals surface area contributed by atoms with E-state index in [2.05, 4.69) is 15.3 Å². The first-order chi connectivity index (χ1) is 10.6. The molecule has 0 saturated heterocycles. The minimum absolute atomic E-state index is 0.176. The molecule has 0 spiro atoms. The Balaban J connectivity index is 1.73. The van der Waals surface area contributed by atoms with Crippen LogP contribution in [0.1, 0.15) is 12.5 Å². The number of fused-ring (bicyclic) bond motifs is 1. The summed E-state index contributed by atoms with van der Waals surface area (Å²) in [5.74, 6) is 0.115. The van der Waals surface area contributed by atoms with E-state index in [1.54, 1.807) is 30.5 Å². The molecule has 1 unspecified atom stereocenters. The van der Waals surface area contributed by atoms with E-state index in [4.69, 9.17) is 4.74 Å². The number of urea groups is 1. The summed E-state index contributed by atoms with van der Waals surface area (Å²) in [4.78, 5) is 30.3. The number of nitrogens with zero attached hydrogens (tertiary/aromatic N) is 2. The van der Waals surface area contributed by atoms with Crippen LogP contribution in [0.25, 0.3) is 0 Å². The summed E-state index contributed by atoms with van der Waals surface area (Å²) in [5.41, 5.74) is 2.14. The number of benzene rings is 1. The van der Waals surface area contributed by atoms with Crippen LogP contribution in [0.4, 0.5) is 4.79 Å². The Morgan fingerprint density at radius 1 is 1.45 bits per heavy atom. The molecular formula is C16H13N3O3. The summed E-state index contributed by atoms with van der Waals surface area (Å²) in [6, 6.07) is 6.55. The highest BCUT2D eigenvalue weighted by Crippen LogP contribution is 2.16. The maximum absolute atomic E-state index is 11.2. The van der Waals surface area contributed by atoms with Gasteiger partial charge in [-0.05, 0) is 29.8 Å². The molecule has 0 radical (unpaired) electrons. The zero-order chi connectivity index (χ0) is 15.5.